The van der Waals surface area contributed by atoms with Gasteiger partial charge in [-0.2, -0.15) is 0 Å². The topological polar surface area (TPSA) is 29.1 Å². The van der Waals surface area contributed by atoms with Crippen molar-refractivity contribution in [1.29, 1.82) is 0 Å². The number of amides is 1. The molecule has 24 heavy (non-hydrogen) atoms. The molecule has 0 saturated carbocycles. The van der Waals surface area contributed by atoms with Crippen molar-refractivity contribution < 1.29 is 9.18 Å². The largest absolute Gasteiger partial charge is 0.325 e. The average Bonchev–Trinajstić information content (AvgIpc) is 2.58. The fraction of sp³-hybridized carbons (Fsp3) is 0.105. The maximum Gasteiger partial charge on any atom is 0.225 e. The molecule has 0 spiro atoms. The summed E-state index contributed by atoms with van der Waals surface area (Å²) in [5.41, 5.74) is 2.80. The van der Waals surface area contributed by atoms with Gasteiger partial charge in [0.15, 0.2) is 0 Å². The van der Waals surface area contributed by atoms with Gasteiger partial charge < -0.3 is 5.32 Å². The Hall–Kier alpha value is -1.72. The Morgan fingerprint density at radius 1 is 1.00 bits per heavy atom. The summed E-state index contributed by atoms with van der Waals surface area (Å²) in [7, 11) is 0. The molecule has 0 fully saturated rings. The van der Waals surface area contributed by atoms with Crippen molar-refractivity contribution in [2.24, 2.45) is 0 Å². The van der Waals surface area contributed by atoms with Crippen LogP contribution in [0.25, 0.3) is 10.8 Å². The molecule has 4 rings (SSSR count). The lowest BCUT2D eigenvalue weighted by Crippen LogP contribution is -2.24. The third-order valence-corrected chi connectivity index (χ3v) is 5.66. The van der Waals surface area contributed by atoms with E-state index in [2.05, 4.69) is 43.2 Å². The molecule has 1 N–H and O–H groups in total. The van der Waals surface area contributed by atoms with Gasteiger partial charge in [-0.1, -0.05) is 46.3 Å². The molecule has 120 valence electrons. The summed E-state index contributed by atoms with van der Waals surface area (Å²) in [6, 6.07) is 14.9. The molecule has 0 aromatic heterocycles. The van der Waals surface area contributed by atoms with E-state index in [0.29, 0.717) is 10.9 Å². The van der Waals surface area contributed by atoms with Crippen LogP contribution in [-0.4, -0.2) is 5.91 Å². The molecule has 1 atom stereocenters. The zero-order chi connectivity index (χ0) is 16.8. The highest BCUT2D eigenvalue weighted by Gasteiger charge is 2.29. The standard InChI is InChI=1S/C19H12Br2FNO/c20-15-8-14-13(10-5-6-17(22)16(21)7-10)9-18(24)23-19(14)12-4-2-1-3-11(12)15/h1-8,13H,9H2,(H,23,24)/t13-/m1/s1. The van der Waals surface area contributed by atoms with Crippen LogP contribution in [-0.2, 0) is 4.79 Å². The van der Waals surface area contributed by atoms with Gasteiger partial charge in [-0.3, -0.25) is 4.79 Å². The van der Waals surface area contributed by atoms with Crippen LogP contribution in [0.1, 0.15) is 23.5 Å². The summed E-state index contributed by atoms with van der Waals surface area (Å²) in [5.74, 6) is -0.439. The first-order chi connectivity index (χ1) is 11.5. The maximum absolute atomic E-state index is 13.6. The predicted molar refractivity (Wildman–Crippen MR) is 101 cm³/mol. The Balaban J connectivity index is 1.97. The first-order valence-corrected chi connectivity index (χ1v) is 9.09. The fourth-order valence-corrected chi connectivity index (χ4v) is 4.27. The quantitative estimate of drug-likeness (QED) is 0.487. The second kappa shape index (κ2) is 5.97. The molecule has 0 bridgehead atoms. The minimum atomic E-state index is -0.307. The van der Waals surface area contributed by atoms with Crippen LogP contribution in [0.4, 0.5) is 10.1 Å². The van der Waals surface area contributed by atoms with Crippen molar-refractivity contribution in [1.82, 2.24) is 0 Å². The van der Waals surface area contributed by atoms with E-state index in [9.17, 15) is 9.18 Å². The highest BCUT2D eigenvalue weighted by Crippen LogP contribution is 2.44. The maximum atomic E-state index is 13.6. The fourth-order valence-electron chi connectivity index (χ4n) is 3.28. The first kappa shape index (κ1) is 15.8. The molecule has 5 heteroatoms. The van der Waals surface area contributed by atoms with Crippen LogP contribution in [0.3, 0.4) is 0 Å². The normalized spacial score (nSPS) is 16.8. The number of carbonyl (C=O) groups excluding carboxylic acids is 1. The van der Waals surface area contributed by atoms with Gasteiger partial charge >= 0.3 is 0 Å². The van der Waals surface area contributed by atoms with E-state index in [0.717, 1.165) is 32.1 Å². The van der Waals surface area contributed by atoms with Crippen molar-refractivity contribution in [2.45, 2.75) is 12.3 Å². The number of nitrogens with one attached hydrogen (secondary N) is 1. The van der Waals surface area contributed by atoms with Crippen molar-refractivity contribution in [3.63, 3.8) is 0 Å². The second-order valence-corrected chi connectivity index (χ2v) is 7.56. The Kier molecular flexibility index (Phi) is 3.93. The molecule has 2 nitrogen and oxygen atoms in total. The van der Waals surface area contributed by atoms with Crippen LogP contribution in [0, 0.1) is 5.82 Å². The Labute approximate surface area is 155 Å². The van der Waals surface area contributed by atoms with Crippen molar-refractivity contribution in [3.8, 4) is 0 Å². The van der Waals surface area contributed by atoms with Gasteiger partial charge in [0.2, 0.25) is 5.91 Å². The van der Waals surface area contributed by atoms with Gasteiger partial charge in [0, 0.05) is 22.2 Å². The van der Waals surface area contributed by atoms with Crippen LogP contribution in [0.2, 0.25) is 0 Å². The lowest BCUT2D eigenvalue weighted by atomic mass is 9.83. The van der Waals surface area contributed by atoms with Crippen LogP contribution < -0.4 is 5.32 Å². The Bertz CT molecular complexity index is 987. The molecule has 3 aromatic rings. The summed E-state index contributed by atoms with van der Waals surface area (Å²) in [4.78, 5) is 12.3. The molecule has 3 aromatic carbocycles. The van der Waals surface area contributed by atoms with E-state index in [1.54, 1.807) is 12.1 Å². The number of hydrogen-bond donors (Lipinski definition) is 1. The first-order valence-electron chi connectivity index (χ1n) is 7.50. The molecule has 0 unspecified atom stereocenters. The van der Waals surface area contributed by atoms with E-state index in [4.69, 9.17) is 0 Å². The minimum Gasteiger partial charge on any atom is -0.325 e. The summed E-state index contributed by atoms with van der Waals surface area (Å²) >= 11 is 6.87. The van der Waals surface area contributed by atoms with Gasteiger partial charge in [-0.05, 0) is 50.6 Å². The van der Waals surface area contributed by atoms with Crippen LogP contribution >= 0.6 is 31.9 Å². The molecule has 1 aliphatic heterocycles. The summed E-state index contributed by atoms with van der Waals surface area (Å²) in [5, 5.41) is 5.06. The number of benzene rings is 3. The monoisotopic (exact) mass is 447 g/mol. The Morgan fingerprint density at radius 2 is 1.75 bits per heavy atom. The number of carbonyl (C=O) groups is 1. The molecule has 0 aliphatic carbocycles. The van der Waals surface area contributed by atoms with Crippen molar-refractivity contribution >= 4 is 54.2 Å². The molecule has 0 radical (unpaired) electrons. The summed E-state index contributed by atoms with van der Waals surface area (Å²) in [6.45, 7) is 0. The number of hydrogen-bond acceptors (Lipinski definition) is 1. The minimum absolute atomic E-state index is 0.0274. The van der Waals surface area contributed by atoms with Gasteiger partial charge in [-0.15, -0.1) is 0 Å². The summed E-state index contributed by atoms with van der Waals surface area (Å²) < 4.78 is 15.0. The molecule has 1 aliphatic rings. The second-order valence-electron chi connectivity index (χ2n) is 5.85. The van der Waals surface area contributed by atoms with E-state index in [-0.39, 0.29) is 17.6 Å². The van der Waals surface area contributed by atoms with E-state index in [1.807, 2.05) is 24.3 Å². The number of fused-ring (bicyclic) bond motifs is 3. The zero-order valence-electron chi connectivity index (χ0n) is 12.4. The van der Waals surface area contributed by atoms with E-state index in [1.165, 1.54) is 6.07 Å². The smallest absolute Gasteiger partial charge is 0.225 e. The predicted octanol–water partition coefficient (Wildman–Crippen LogP) is 5.98. The molecule has 1 heterocycles. The Morgan fingerprint density at radius 3 is 2.50 bits per heavy atom. The van der Waals surface area contributed by atoms with Crippen LogP contribution in [0.15, 0.2) is 57.5 Å². The molecule has 1 amide bonds. The lowest BCUT2D eigenvalue weighted by molar-refractivity contribution is -0.116. The highest BCUT2D eigenvalue weighted by atomic mass is 79.9. The van der Waals surface area contributed by atoms with Crippen LogP contribution in [0.5, 0.6) is 0 Å². The lowest BCUT2D eigenvalue weighted by Gasteiger charge is -2.28. The average molecular weight is 449 g/mol. The number of anilines is 1. The SMILES string of the molecule is O=C1C[C@H](c2ccc(F)c(Br)c2)c2cc(Br)c3ccccc3c2N1. The van der Waals surface area contributed by atoms with Gasteiger partial charge in [0.1, 0.15) is 5.82 Å². The third-order valence-electron chi connectivity index (χ3n) is 4.40. The molecule has 0 saturated heterocycles. The van der Waals surface area contributed by atoms with E-state index >= 15 is 0 Å². The zero-order valence-corrected chi connectivity index (χ0v) is 15.6. The highest BCUT2D eigenvalue weighted by molar-refractivity contribution is 9.11. The number of halogens is 3. The van der Waals surface area contributed by atoms with Gasteiger partial charge in [0.05, 0.1) is 10.2 Å². The molecular weight excluding hydrogens is 437 g/mol. The van der Waals surface area contributed by atoms with E-state index < -0.39 is 0 Å². The van der Waals surface area contributed by atoms with Crippen molar-refractivity contribution in [3.05, 3.63) is 74.4 Å². The van der Waals surface area contributed by atoms with Gasteiger partial charge in [0.25, 0.3) is 0 Å². The third kappa shape index (κ3) is 2.56. The van der Waals surface area contributed by atoms with Gasteiger partial charge in [-0.25, -0.2) is 4.39 Å². The van der Waals surface area contributed by atoms with Crippen molar-refractivity contribution in [2.75, 3.05) is 5.32 Å². The summed E-state index contributed by atoms with van der Waals surface area (Å²) in [6.07, 6.45) is 0.343. The number of rotatable bonds is 1. The molecular formula is C19H12Br2FNO.